The van der Waals surface area contributed by atoms with Gasteiger partial charge in [0.05, 0.1) is 4.47 Å². The van der Waals surface area contributed by atoms with Gasteiger partial charge in [0.1, 0.15) is 11.7 Å². The largest absolute Gasteiger partial charge is 0.473 e. The van der Waals surface area contributed by atoms with E-state index in [-0.39, 0.29) is 23.1 Å². The third kappa shape index (κ3) is 3.51. The van der Waals surface area contributed by atoms with Crippen molar-refractivity contribution >= 4 is 21.8 Å². The van der Waals surface area contributed by atoms with E-state index in [0.717, 1.165) is 4.47 Å². The van der Waals surface area contributed by atoms with Crippen LogP contribution >= 0.6 is 15.9 Å². The summed E-state index contributed by atoms with van der Waals surface area (Å²) in [4.78, 5) is 30.5. The molecule has 6 nitrogen and oxygen atoms in total. The molecule has 3 heterocycles. The molecule has 0 aliphatic carbocycles. The van der Waals surface area contributed by atoms with E-state index in [0.29, 0.717) is 31.8 Å². The number of hydrogen-bond acceptors (Lipinski definition) is 4. The molecule has 7 heteroatoms. The number of nitrogens with zero attached hydrogens (tertiary/aromatic N) is 3. The number of hydrogen-bond donors (Lipinski definition) is 0. The Morgan fingerprint density at radius 2 is 2.04 bits per heavy atom. The Labute approximate surface area is 148 Å². The summed E-state index contributed by atoms with van der Waals surface area (Å²) < 4.78 is 8.14. The van der Waals surface area contributed by atoms with Crippen molar-refractivity contribution in [3.8, 4) is 5.88 Å². The summed E-state index contributed by atoms with van der Waals surface area (Å²) in [6.45, 7) is 1.12. The van der Waals surface area contributed by atoms with Gasteiger partial charge in [-0.25, -0.2) is 4.98 Å². The van der Waals surface area contributed by atoms with Crippen molar-refractivity contribution in [1.82, 2.24) is 14.5 Å². The minimum absolute atomic E-state index is 0.0128. The zero-order valence-corrected chi connectivity index (χ0v) is 14.9. The lowest BCUT2D eigenvalue weighted by molar-refractivity contribution is 0.0584. The fourth-order valence-corrected chi connectivity index (χ4v) is 3.07. The molecular formula is C17H18BrN3O3. The number of carbonyl (C=O) groups excluding carboxylic acids is 1. The molecular weight excluding hydrogens is 374 g/mol. The quantitative estimate of drug-likeness (QED) is 0.804. The predicted molar refractivity (Wildman–Crippen MR) is 93.2 cm³/mol. The number of amides is 1. The topological polar surface area (TPSA) is 64.4 Å². The first-order chi connectivity index (χ1) is 11.6. The zero-order chi connectivity index (χ0) is 17.1. The number of aromatic nitrogens is 2. The molecule has 1 saturated heterocycles. The molecule has 0 atom stereocenters. The van der Waals surface area contributed by atoms with Gasteiger partial charge < -0.3 is 14.2 Å². The molecule has 2 aromatic rings. The fourth-order valence-electron chi connectivity index (χ4n) is 2.72. The van der Waals surface area contributed by atoms with Crippen LogP contribution in [0.3, 0.4) is 0 Å². The Bertz CT molecular complexity index is 798. The molecule has 0 spiro atoms. The number of rotatable bonds is 3. The smallest absolute Gasteiger partial charge is 0.263 e. The summed E-state index contributed by atoms with van der Waals surface area (Å²) in [6.07, 6.45) is 4.76. The molecule has 0 radical (unpaired) electrons. The van der Waals surface area contributed by atoms with Gasteiger partial charge in [0.25, 0.3) is 11.5 Å². The Balaban J connectivity index is 1.63. The fraction of sp³-hybridized carbons (Fsp3) is 0.353. The Hall–Kier alpha value is -2.15. The van der Waals surface area contributed by atoms with Gasteiger partial charge in [-0.15, -0.1) is 0 Å². The van der Waals surface area contributed by atoms with Crippen LogP contribution in [0.25, 0.3) is 0 Å². The van der Waals surface area contributed by atoms with Crippen LogP contribution in [0.15, 0.2) is 45.9 Å². The first kappa shape index (κ1) is 16.7. The maximum atomic E-state index is 12.5. The molecule has 126 valence electrons. The molecule has 0 bridgehead atoms. The third-order valence-electron chi connectivity index (χ3n) is 4.09. The first-order valence-corrected chi connectivity index (χ1v) is 8.57. The van der Waals surface area contributed by atoms with Gasteiger partial charge in [-0.3, -0.25) is 9.59 Å². The summed E-state index contributed by atoms with van der Waals surface area (Å²) in [5.74, 6) is 0.355. The molecule has 1 aliphatic heterocycles. The van der Waals surface area contributed by atoms with E-state index in [9.17, 15) is 9.59 Å². The highest BCUT2D eigenvalue weighted by molar-refractivity contribution is 9.10. The van der Waals surface area contributed by atoms with E-state index < -0.39 is 0 Å². The van der Waals surface area contributed by atoms with Crippen molar-refractivity contribution in [2.45, 2.75) is 18.9 Å². The van der Waals surface area contributed by atoms with Crippen molar-refractivity contribution in [3.05, 3.63) is 57.0 Å². The lowest BCUT2D eigenvalue weighted by Crippen LogP contribution is -2.43. The number of piperidine rings is 1. The van der Waals surface area contributed by atoms with Crippen LogP contribution < -0.4 is 10.3 Å². The van der Waals surface area contributed by atoms with Crippen molar-refractivity contribution in [2.75, 3.05) is 13.1 Å². The normalized spacial score (nSPS) is 15.3. The van der Waals surface area contributed by atoms with E-state index in [1.165, 1.54) is 4.57 Å². The van der Waals surface area contributed by atoms with Crippen molar-refractivity contribution < 1.29 is 9.53 Å². The van der Waals surface area contributed by atoms with Gasteiger partial charge in [0.2, 0.25) is 5.88 Å². The van der Waals surface area contributed by atoms with Gasteiger partial charge in [-0.05, 0) is 40.2 Å². The molecule has 0 unspecified atom stereocenters. The van der Waals surface area contributed by atoms with Crippen molar-refractivity contribution in [2.24, 2.45) is 7.05 Å². The number of halogens is 1. The number of ether oxygens (including phenoxy) is 1. The average Bonchev–Trinajstić information content (AvgIpc) is 2.59. The predicted octanol–water partition coefficient (Wildman–Crippen LogP) is 2.23. The highest BCUT2D eigenvalue weighted by Gasteiger charge is 2.26. The first-order valence-electron chi connectivity index (χ1n) is 7.78. The molecule has 0 aromatic carbocycles. The molecule has 1 aliphatic rings. The third-order valence-corrected chi connectivity index (χ3v) is 4.69. The minimum atomic E-state index is -0.265. The Morgan fingerprint density at radius 3 is 2.75 bits per heavy atom. The van der Waals surface area contributed by atoms with E-state index in [1.54, 1.807) is 36.5 Å². The molecule has 0 saturated carbocycles. The summed E-state index contributed by atoms with van der Waals surface area (Å²) in [5.41, 5.74) is -0.0508. The van der Waals surface area contributed by atoms with E-state index in [4.69, 9.17) is 4.74 Å². The Morgan fingerprint density at radius 1 is 1.29 bits per heavy atom. The van der Waals surface area contributed by atoms with Crippen LogP contribution in [0.1, 0.15) is 23.2 Å². The summed E-state index contributed by atoms with van der Waals surface area (Å²) in [6, 6.07) is 7.01. The minimum Gasteiger partial charge on any atom is -0.473 e. The molecule has 24 heavy (non-hydrogen) atoms. The van der Waals surface area contributed by atoms with E-state index in [2.05, 4.69) is 20.9 Å². The second-order valence-corrected chi connectivity index (χ2v) is 6.59. The second kappa shape index (κ2) is 7.17. The number of likely N-dealkylation sites (tertiary alicyclic amines) is 1. The maximum Gasteiger partial charge on any atom is 0.263 e. The molecule has 3 rings (SSSR count). The lowest BCUT2D eigenvalue weighted by atomic mass is 10.1. The summed E-state index contributed by atoms with van der Waals surface area (Å²) in [7, 11) is 1.64. The van der Waals surface area contributed by atoms with Gasteiger partial charge in [0, 0.05) is 45.4 Å². The standard InChI is InChI=1S/C17H18BrN3O3/c1-20-9-3-4-13(16(20)22)17(23)21-10-6-12(7-11-21)24-15-14(18)5-2-8-19-15/h2-5,8-9,12H,6-7,10-11H2,1H3. The van der Waals surface area contributed by atoms with E-state index >= 15 is 0 Å². The van der Waals surface area contributed by atoms with Gasteiger partial charge in [0.15, 0.2) is 0 Å². The average molecular weight is 392 g/mol. The number of pyridine rings is 2. The molecule has 2 aromatic heterocycles. The molecule has 1 amide bonds. The van der Waals surface area contributed by atoms with Gasteiger partial charge in [-0.2, -0.15) is 0 Å². The SMILES string of the molecule is Cn1cccc(C(=O)N2CCC(Oc3ncccc3Br)CC2)c1=O. The van der Waals surface area contributed by atoms with Crippen LogP contribution in [0.5, 0.6) is 5.88 Å². The Kier molecular flexibility index (Phi) is 4.99. The van der Waals surface area contributed by atoms with Crippen molar-refractivity contribution in [1.29, 1.82) is 0 Å². The van der Waals surface area contributed by atoms with Gasteiger partial charge >= 0.3 is 0 Å². The highest BCUT2D eigenvalue weighted by Crippen LogP contribution is 2.25. The second-order valence-electron chi connectivity index (χ2n) is 5.74. The van der Waals surface area contributed by atoms with Crippen LogP contribution in [0, 0.1) is 0 Å². The molecule has 1 fully saturated rings. The van der Waals surface area contributed by atoms with Crippen LogP contribution in [-0.4, -0.2) is 39.6 Å². The summed E-state index contributed by atoms with van der Waals surface area (Å²) in [5, 5.41) is 0. The van der Waals surface area contributed by atoms with Crippen LogP contribution in [-0.2, 0) is 7.05 Å². The van der Waals surface area contributed by atoms with Crippen LogP contribution in [0.2, 0.25) is 0 Å². The highest BCUT2D eigenvalue weighted by atomic mass is 79.9. The molecule has 0 N–H and O–H groups in total. The lowest BCUT2D eigenvalue weighted by Gasteiger charge is -2.32. The zero-order valence-electron chi connectivity index (χ0n) is 13.3. The number of aryl methyl sites for hydroxylation is 1. The monoisotopic (exact) mass is 391 g/mol. The number of carbonyl (C=O) groups is 1. The summed E-state index contributed by atoms with van der Waals surface area (Å²) >= 11 is 3.41. The van der Waals surface area contributed by atoms with Crippen LogP contribution in [0.4, 0.5) is 0 Å². The van der Waals surface area contributed by atoms with Gasteiger partial charge in [-0.1, -0.05) is 0 Å². The van der Waals surface area contributed by atoms with Crippen molar-refractivity contribution in [3.63, 3.8) is 0 Å². The van der Waals surface area contributed by atoms with E-state index in [1.807, 2.05) is 12.1 Å². The maximum absolute atomic E-state index is 12.5.